The number of nitrogens with zero attached hydrogens (tertiary/aromatic N) is 1. The molecule has 1 saturated heterocycles. The van der Waals surface area contributed by atoms with Gasteiger partial charge in [-0.15, -0.1) is 0 Å². The zero-order chi connectivity index (χ0) is 15.2. The molecule has 0 atom stereocenters. The first-order valence-corrected chi connectivity index (χ1v) is 6.92. The van der Waals surface area contributed by atoms with Gasteiger partial charge in [0, 0.05) is 19.1 Å². The van der Waals surface area contributed by atoms with E-state index in [1.165, 1.54) is 7.11 Å². The Morgan fingerprint density at radius 3 is 2.48 bits per heavy atom. The van der Waals surface area contributed by atoms with Gasteiger partial charge in [0.15, 0.2) is 0 Å². The van der Waals surface area contributed by atoms with Crippen LogP contribution in [0.3, 0.4) is 0 Å². The number of benzene rings is 1. The van der Waals surface area contributed by atoms with Crippen LogP contribution >= 0.6 is 0 Å². The van der Waals surface area contributed by atoms with Crippen molar-refractivity contribution in [2.24, 2.45) is 0 Å². The van der Waals surface area contributed by atoms with Crippen LogP contribution in [0.5, 0.6) is 5.75 Å². The number of para-hydroxylation sites is 1. The zero-order valence-electron chi connectivity index (χ0n) is 12.3. The highest BCUT2D eigenvalue weighted by Crippen LogP contribution is 2.21. The Morgan fingerprint density at radius 1 is 1.19 bits per heavy atom. The lowest BCUT2D eigenvalue weighted by Gasteiger charge is -2.32. The topological polar surface area (TPSA) is 67.9 Å². The van der Waals surface area contributed by atoms with Gasteiger partial charge >= 0.3 is 6.09 Å². The van der Waals surface area contributed by atoms with Crippen molar-refractivity contribution in [1.82, 2.24) is 10.2 Å². The average molecular weight is 292 g/mol. The van der Waals surface area contributed by atoms with E-state index in [4.69, 9.17) is 4.74 Å². The third-order valence-electron chi connectivity index (χ3n) is 3.63. The molecule has 1 aromatic rings. The number of hydrogen-bond donors (Lipinski definition) is 1. The number of methoxy groups -OCH3 is 2. The summed E-state index contributed by atoms with van der Waals surface area (Å²) >= 11 is 0. The van der Waals surface area contributed by atoms with Crippen molar-refractivity contribution in [3.63, 3.8) is 0 Å². The fourth-order valence-electron chi connectivity index (χ4n) is 2.44. The fourth-order valence-corrected chi connectivity index (χ4v) is 2.44. The second-order valence-corrected chi connectivity index (χ2v) is 4.90. The van der Waals surface area contributed by atoms with Gasteiger partial charge in [-0.25, -0.2) is 4.79 Å². The summed E-state index contributed by atoms with van der Waals surface area (Å²) in [5.41, 5.74) is 0.569. The second kappa shape index (κ2) is 6.97. The van der Waals surface area contributed by atoms with Crippen molar-refractivity contribution in [2.75, 3.05) is 27.3 Å². The van der Waals surface area contributed by atoms with E-state index in [-0.39, 0.29) is 11.9 Å². The molecule has 114 valence electrons. The highest BCUT2D eigenvalue weighted by Gasteiger charge is 2.26. The Hall–Kier alpha value is -2.24. The maximum atomic E-state index is 12.5. The van der Waals surface area contributed by atoms with Gasteiger partial charge in [-0.1, -0.05) is 12.1 Å². The second-order valence-electron chi connectivity index (χ2n) is 4.90. The zero-order valence-corrected chi connectivity index (χ0v) is 12.3. The molecule has 0 spiro atoms. The molecule has 1 fully saturated rings. The van der Waals surface area contributed by atoms with Gasteiger partial charge in [0.05, 0.1) is 19.8 Å². The van der Waals surface area contributed by atoms with E-state index in [0.717, 1.165) is 12.8 Å². The van der Waals surface area contributed by atoms with Crippen LogP contribution in [0.2, 0.25) is 0 Å². The summed E-state index contributed by atoms with van der Waals surface area (Å²) in [6.45, 7) is 1.21. The van der Waals surface area contributed by atoms with Crippen molar-refractivity contribution in [1.29, 1.82) is 0 Å². The summed E-state index contributed by atoms with van der Waals surface area (Å²) in [7, 11) is 2.90. The average Bonchev–Trinajstić information content (AvgIpc) is 2.54. The van der Waals surface area contributed by atoms with E-state index < -0.39 is 6.09 Å². The normalized spacial score (nSPS) is 15.4. The standard InChI is InChI=1S/C15H20N2O4/c1-20-13-6-4-3-5-12(13)14(18)17-9-7-11(8-10-17)16-15(19)21-2/h3-6,11H,7-10H2,1-2H3,(H,16,19). The molecule has 1 N–H and O–H groups in total. The molecule has 1 aliphatic rings. The molecule has 1 aliphatic heterocycles. The summed E-state index contributed by atoms with van der Waals surface area (Å²) in [6, 6.07) is 7.25. The molecule has 1 aromatic carbocycles. The molecule has 6 nitrogen and oxygen atoms in total. The predicted octanol–water partition coefficient (Wildman–Crippen LogP) is 1.66. The number of nitrogens with one attached hydrogen (secondary N) is 1. The molecule has 0 saturated carbocycles. The van der Waals surface area contributed by atoms with Crippen LogP contribution in [-0.4, -0.2) is 50.3 Å². The van der Waals surface area contributed by atoms with Gasteiger partial charge in [-0.05, 0) is 25.0 Å². The molecule has 0 aliphatic carbocycles. The van der Waals surface area contributed by atoms with Crippen molar-refractivity contribution in [2.45, 2.75) is 18.9 Å². The number of carbonyl (C=O) groups excluding carboxylic acids is 2. The number of amides is 2. The lowest BCUT2D eigenvalue weighted by molar-refractivity contribution is 0.0701. The van der Waals surface area contributed by atoms with E-state index in [1.807, 2.05) is 12.1 Å². The van der Waals surface area contributed by atoms with Crippen LogP contribution in [-0.2, 0) is 4.74 Å². The first kappa shape index (κ1) is 15.2. The first-order chi connectivity index (χ1) is 10.2. The van der Waals surface area contributed by atoms with Crippen LogP contribution < -0.4 is 10.1 Å². The molecule has 1 heterocycles. The molecule has 2 amide bonds. The van der Waals surface area contributed by atoms with Crippen LogP contribution in [0.4, 0.5) is 4.79 Å². The fraction of sp³-hybridized carbons (Fsp3) is 0.467. The Balaban J connectivity index is 1.95. The van der Waals surface area contributed by atoms with Crippen LogP contribution in [0.1, 0.15) is 23.2 Å². The quantitative estimate of drug-likeness (QED) is 0.920. The van der Waals surface area contributed by atoms with E-state index in [2.05, 4.69) is 10.1 Å². The minimum absolute atomic E-state index is 0.0380. The molecule has 21 heavy (non-hydrogen) atoms. The number of alkyl carbamates (subject to hydrolysis) is 1. The summed E-state index contributed by atoms with van der Waals surface area (Å²) < 4.78 is 9.80. The summed E-state index contributed by atoms with van der Waals surface area (Å²) in [6.07, 6.45) is 1.01. The molecule has 6 heteroatoms. The van der Waals surface area contributed by atoms with Gasteiger partial charge in [0.2, 0.25) is 0 Å². The SMILES string of the molecule is COC(=O)NC1CCN(C(=O)c2ccccc2OC)CC1. The van der Waals surface area contributed by atoms with Gasteiger partial charge in [-0.2, -0.15) is 0 Å². The Labute approximate surface area is 124 Å². The lowest BCUT2D eigenvalue weighted by Crippen LogP contribution is -2.46. The third kappa shape index (κ3) is 3.65. The molecule has 0 unspecified atom stereocenters. The number of hydrogen-bond acceptors (Lipinski definition) is 4. The number of piperidine rings is 1. The molecular formula is C15H20N2O4. The smallest absolute Gasteiger partial charge is 0.407 e. The van der Waals surface area contributed by atoms with Gasteiger partial charge in [-0.3, -0.25) is 4.79 Å². The Kier molecular flexibility index (Phi) is 5.03. The summed E-state index contributed by atoms with van der Waals surface area (Å²) in [4.78, 5) is 25.5. The number of likely N-dealkylation sites (tertiary alicyclic amines) is 1. The van der Waals surface area contributed by atoms with Crippen molar-refractivity contribution in [3.05, 3.63) is 29.8 Å². The molecule has 0 aromatic heterocycles. The number of ether oxygens (including phenoxy) is 2. The van der Waals surface area contributed by atoms with Crippen LogP contribution in [0.25, 0.3) is 0 Å². The van der Waals surface area contributed by atoms with Crippen molar-refractivity contribution >= 4 is 12.0 Å². The maximum absolute atomic E-state index is 12.5. The Morgan fingerprint density at radius 2 is 1.86 bits per heavy atom. The van der Waals surface area contributed by atoms with Crippen molar-refractivity contribution in [3.8, 4) is 5.75 Å². The van der Waals surface area contributed by atoms with E-state index in [9.17, 15) is 9.59 Å². The van der Waals surface area contributed by atoms with Crippen LogP contribution in [0.15, 0.2) is 24.3 Å². The van der Waals surface area contributed by atoms with Gasteiger partial charge in [0.25, 0.3) is 5.91 Å². The summed E-state index contributed by atoms with van der Waals surface area (Å²) in [5.74, 6) is 0.543. The van der Waals surface area contributed by atoms with E-state index in [0.29, 0.717) is 24.4 Å². The Bertz CT molecular complexity index is 510. The van der Waals surface area contributed by atoms with Crippen LogP contribution in [0, 0.1) is 0 Å². The first-order valence-electron chi connectivity index (χ1n) is 6.92. The maximum Gasteiger partial charge on any atom is 0.407 e. The number of rotatable bonds is 3. The molecule has 0 radical (unpaired) electrons. The highest BCUT2D eigenvalue weighted by atomic mass is 16.5. The van der Waals surface area contributed by atoms with E-state index in [1.54, 1.807) is 24.1 Å². The van der Waals surface area contributed by atoms with E-state index >= 15 is 0 Å². The minimum atomic E-state index is -0.426. The lowest BCUT2D eigenvalue weighted by atomic mass is 10.0. The van der Waals surface area contributed by atoms with Gasteiger partial charge < -0.3 is 19.7 Å². The van der Waals surface area contributed by atoms with Gasteiger partial charge in [0.1, 0.15) is 5.75 Å². The largest absolute Gasteiger partial charge is 0.496 e. The highest BCUT2D eigenvalue weighted by molar-refractivity contribution is 5.97. The molecule has 2 rings (SSSR count). The molecular weight excluding hydrogens is 272 g/mol. The number of carbonyl (C=O) groups is 2. The minimum Gasteiger partial charge on any atom is -0.496 e. The predicted molar refractivity (Wildman–Crippen MR) is 77.5 cm³/mol. The third-order valence-corrected chi connectivity index (χ3v) is 3.63. The monoisotopic (exact) mass is 292 g/mol. The van der Waals surface area contributed by atoms with Crippen molar-refractivity contribution < 1.29 is 19.1 Å². The molecule has 0 bridgehead atoms. The summed E-state index contributed by atoms with van der Waals surface area (Å²) in [5, 5.41) is 2.77.